The molecule has 1 fully saturated rings. The lowest BCUT2D eigenvalue weighted by Crippen LogP contribution is -2.36. The van der Waals surface area contributed by atoms with E-state index in [0.717, 1.165) is 17.1 Å². The largest absolute Gasteiger partial charge is 0.390 e. The van der Waals surface area contributed by atoms with Crippen LogP contribution >= 0.6 is 23.4 Å². The third-order valence-electron chi connectivity index (χ3n) is 2.72. The lowest BCUT2D eigenvalue weighted by Gasteiger charge is -2.27. The number of halogens is 2. The number of benzene rings is 1. The maximum absolute atomic E-state index is 12.9. The quantitative estimate of drug-likeness (QED) is 0.920. The molecule has 2 nitrogen and oxygen atoms in total. The average Bonchev–Trinajstić information content (AvgIpc) is 2.34. The molecule has 0 bridgehead atoms. The maximum Gasteiger partial charge on any atom is 0.124 e. The lowest BCUT2D eigenvalue weighted by molar-refractivity contribution is -0.0207. The summed E-state index contributed by atoms with van der Waals surface area (Å²) in [5.74, 6) is 1.40. The van der Waals surface area contributed by atoms with Crippen molar-refractivity contribution in [3.63, 3.8) is 0 Å². The van der Waals surface area contributed by atoms with Gasteiger partial charge in [0.1, 0.15) is 5.82 Å². The zero-order chi connectivity index (χ0) is 12.3. The highest BCUT2D eigenvalue weighted by Crippen LogP contribution is 2.22. The van der Waals surface area contributed by atoms with Gasteiger partial charge in [0.25, 0.3) is 0 Å². The van der Waals surface area contributed by atoms with Crippen LogP contribution in [0.5, 0.6) is 0 Å². The molecule has 1 N–H and O–H groups in total. The van der Waals surface area contributed by atoms with Crippen molar-refractivity contribution >= 4 is 23.4 Å². The summed E-state index contributed by atoms with van der Waals surface area (Å²) in [4.78, 5) is 0. The van der Waals surface area contributed by atoms with Gasteiger partial charge in [-0.25, -0.2) is 4.39 Å². The first-order valence-corrected chi connectivity index (χ1v) is 7.01. The van der Waals surface area contributed by atoms with E-state index in [-0.39, 0.29) is 11.9 Å². The molecule has 1 aromatic rings. The van der Waals surface area contributed by atoms with Gasteiger partial charge in [-0.3, -0.25) is 0 Å². The van der Waals surface area contributed by atoms with Crippen molar-refractivity contribution in [2.75, 3.05) is 18.1 Å². The van der Waals surface area contributed by atoms with Crippen molar-refractivity contribution in [1.29, 1.82) is 0 Å². The second kappa shape index (κ2) is 6.05. The predicted octanol–water partition coefficient (Wildman–Crippen LogP) is 2.51. The van der Waals surface area contributed by atoms with E-state index in [1.54, 1.807) is 17.8 Å². The summed E-state index contributed by atoms with van der Waals surface area (Å²) in [5, 5.41) is 10.4. The Balaban J connectivity index is 1.99. The standard InChI is InChI=1S/C12H14ClFO2S/c13-10-6-9(14)2-1-8(10)5-11(15)12-7-17-4-3-16-12/h1-2,6,11-12,15H,3-5,7H2. The topological polar surface area (TPSA) is 29.5 Å². The van der Waals surface area contributed by atoms with Crippen LogP contribution < -0.4 is 0 Å². The van der Waals surface area contributed by atoms with Gasteiger partial charge in [0.2, 0.25) is 0 Å². The molecule has 0 amide bonds. The Morgan fingerprint density at radius 1 is 1.59 bits per heavy atom. The van der Waals surface area contributed by atoms with Gasteiger partial charge < -0.3 is 9.84 Å². The Morgan fingerprint density at radius 2 is 2.41 bits per heavy atom. The highest BCUT2D eigenvalue weighted by molar-refractivity contribution is 7.99. The summed E-state index contributed by atoms with van der Waals surface area (Å²) in [5.41, 5.74) is 0.750. The van der Waals surface area contributed by atoms with Crippen LogP contribution in [-0.4, -0.2) is 35.4 Å². The highest BCUT2D eigenvalue weighted by atomic mass is 35.5. The summed E-state index contributed by atoms with van der Waals surface area (Å²) in [7, 11) is 0. The minimum atomic E-state index is -0.592. The minimum Gasteiger partial charge on any atom is -0.390 e. The van der Waals surface area contributed by atoms with Crippen LogP contribution in [0, 0.1) is 5.82 Å². The van der Waals surface area contributed by atoms with Gasteiger partial charge in [-0.15, -0.1) is 0 Å². The second-order valence-electron chi connectivity index (χ2n) is 3.99. The Labute approximate surface area is 109 Å². The number of ether oxygens (including phenoxy) is 1. The summed E-state index contributed by atoms with van der Waals surface area (Å²) in [6, 6.07) is 4.22. The zero-order valence-electron chi connectivity index (χ0n) is 9.23. The molecular weight excluding hydrogens is 263 g/mol. The molecule has 2 unspecified atom stereocenters. The van der Waals surface area contributed by atoms with Crippen molar-refractivity contribution in [3.05, 3.63) is 34.6 Å². The molecule has 1 heterocycles. The van der Waals surface area contributed by atoms with Crippen LogP contribution in [0.1, 0.15) is 5.56 Å². The molecule has 1 aliphatic heterocycles. The molecule has 17 heavy (non-hydrogen) atoms. The SMILES string of the molecule is OC(Cc1ccc(F)cc1Cl)C1CSCCO1. The Kier molecular flexibility index (Phi) is 4.68. The van der Waals surface area contributed by atoms with E-state index < -0.39 is 6.10 Å². The summed E-state index contributed by atoms with van der Waals surface area (Å²) in [6.07, 6.45) is -0.356. The second-order valence-corrected chi connectivity index (χ2v) is 5.55. The van der Waals surface area contributed by atoms with E-state index in [2.05, 4.69) is 0 Å². The van der Waals surface area contributed by atoms with E-state index in [1.165, 1.54) is 12.1 Å². The molecule has 5 heteroatoms. The number of thioether (sulfide) groups is 1. The Morgan fingerprint density at radius 3 is 3.06 bits per heavy atom. The summed E-state index contributed by atoms with van der Waals surface area (Å²) in [6.45, 7) is 0.670. The molecular formula is C12H14ClFO2S. The lowest BCUT2D eigenvalue weighted by atomic mass is 10.0. The van der Waals surface area contributed by atoms with Gasteiger partial charge in [-0.05, 0) is 17.7 Å². The molecule has 1 aromatic carbocycles. The number of aliphatic hydroxyl groups is 1. The fraction of sp³-hybridized carbons (Fsp3) is 0.500. The predicted molar refractivity (Wildman–Crippen MR) is 68.2 cm³/mol. The zero-order valence-corrected chi connectivity index (χ0v) is 10.8. The number of rotatable bonds is 3. The molecule has 0 spiro atoms. The Hall–Kier alpha value is -0.290. The van der Waals surface area contributed by atoms with Crippen LogP contribution in [0.15, 0.2) is 18.2 Å². The van der Waals surface area contributed by atoms with E-state index in [9.17, 15) is 9.50 Å². The van der Waals surface area contributed by atoms with Gasteiger partial charge in [-0.1, -0.05) is 17.7 Å². The average molecular weight is 277 g/mol. The van der Waals surface area contributed by atoms with Crippen LogP contribution in [0.4, 0.5) is 4.39 Å². The maximum atomic E-state index is 12.9. The van der Waals surface area contributed by atoms with Gasteiger partial charge >= 0.3 is 0 Å². The van der Waals surface area contributed by atoms with Crippen LogP contribution in [0.2, 0.25) is 5.02 Å². The van der Waals surface area contributed by atoms with Gasteiger partial charge in [0.15, 0.2) is 0 Å². The molecule has 0 saturated carbocycles. The molecule has 2 rings (SSSR count). The van der Waals surface area contributed by atoms with Crippen molar-refractivity contribution < 1.29 is 14.2 Å². The Bertz CT molecular complexity index is 383. The van der Waals surface area contributed by atoms with Crippen molar-refractivity contribution in [2.45, 2.75) is 18.6 Å². The van der Waals surface area contributed by atoms with Crippen molar-refractivity contribution in [1.82, 2.24) is 0 Å². The summed E-state index contributed by atoms with van der Waals surface area (Å²) >= 11 is 7.69. The molecule has 2 atom stereocenters. The first-order chi connectivity index (χ1) is 8.16. The number of hydrogen-bond acceptors (Lipinski definition) is 3. The molecule has 1 saturated heterocycles. The third-order valence-corrected chi connectivity index (χ3v) is 4.09. The molecule has 1 aliphatic rings. The minimum absolute atomic E-state index is 0.158. The van der Waals surface area contributed by atoms with E-state index in [0.29, 0.717) is 18.1 Å². The first-order valence-electron chi connectivity index (χ1n) is 5.48. The fourth-order valence-corrected chi connectivity index (χ4v) is 2.95. The number of aliphatic hydroxyl groups excluding tert-OH is 1. The van der Waals surface area contributed by atoms with E-state index in [4.69, 9.17) is 16.3 Å². The van der Waals surface area contributed by atoms with Gasteiger partial charge in [0.05, 0.1) is 18.8 Å². The highest BCUT2D eigenvalue weighted by Gasteiger charge is 2.23. The van der Waals surface area contributed by atoms with Gasteiger partial charge in [-0.2, -0.15) is 11.8 Å². The normalized spacial score (nSPS) is 22.4. The molecule has 0 radical (unpaired) electrons. The van der Waals surface area contributed by atoms with Crippen molar-refractivity contribution in [2.24, 2.45) is 0 Å². The van der Waals surface area contributed by atoms with Crippen LogP contribution in [-0.2, 0) is 11.2 Å². The van der Waals surface area contributed by atoms with Crippen LogP contribution in [0.25, 0.3) is 0 Å². The van der Waals surface area contributed by atoms with E-state index in [1.807, 2.05) is 0 Å². The molecule has 0 aliphatic carbocycles. The smallest absolute Gasteiger partial charge is 0.124 e. The molecule has 0 aromatic heterocycles. The van der Waals surface area contributed by atoms with Crippen molar-refractivity contribution in [3.8, 4) is 0 Å². The summed E-state index contributed by atoms with van der Waals surface area (Å²) < 4.78 is 18.4. The molecule has 94 valence electrons. The van der Waals surface area contributed by atoms with Gasteiger partial charge in [0, 0.05) is 22.9 Å². The monoisotopic (exact) mass is 276 g/mol. The van der Waals surface area contributed by atoms with E-state index >= 15 is 0 Å². The first kappa shape index (κ1) is 13.1. The fourth-order valence-electron chi connectivity index (χ4n) is 1.77. The number of hydrogen-bond donors (Lipinski definition) is 1. The third kappa shape index (κ3) is 3.58. The van der Waals surface area contributed by atoms with Crippen LogP contribution in [0.3, 0.4) is 0 Å².